The Morgan fingerprint density at radius 3 is 2.18 bits per heavy atom. The Balaban J connectivity index is 2.50. The van der Waals surface area contributed by atoms with Gasteiger partial charge in [0.2, 0.25) is 0 Å². The van der Waals surface area contributed by atoms with Crippen LogP contribution in [-0.4, -0.2) is 7.05 Å². The van der Waals surface area contributed by atoms with Crippen molar-refractivity contribution in [3.05, 3.63) is 52.1 Å². The summed E-state index contributed by atoms with van der Waals surface area (Å²) in [4.78, 5) is 0. The Morgan fingerprint density at radius 2 is 1.53 bits per heavy atom. The molecule has 1 nitrogen and oxygen atoms in total. The predicted molar refractivity (Wildman–Crippen MR) is 83.7 cm³/mol. The number of hydrogen-bond donors (Lipinski definition) is 1. The van der Waals surface area contributed by atoms with Gasteiger partial charge in [0, 0.05) is 21.7 Å². The molecule has 0 bridgehead atoms. The molecule has 0 atom stereocenters. The van der Waals surface area contributed by atoms with E-state index in [4.69, 9.17) is 0 Å². The summed E-state index contributed by atoms with van der Waals surface area (Å²) in [5.74, 6) is 0. The molecule has 3 rings (SSSR count). The molecule has 0 radical (unpaired) electrons. The first kappa shape index (κ1) is 10.8. The smallest absolute Gasteiger partial charge is 0.0418 e. The molecule has 3 aromatic carbocycles. The Hall–Kier alpha value is -1.29. The van der Waals surface area contributed by atoms with E-state index >= 15 is 0 Å². The standard InChI is InChI=1S/C15H12IN/c1-17-15-7-6-14(16)12-8-10-4-2-3-5-11(10)9-13(12)15/h2-9,17H,1H3. The molecule has 0 aliphatic heterocycles. The summed E-state index contributed by atoms with van der Waals surface area (Å²) in [6.45, 7) is 0. The molecule has 0 saturated carbocycles. The van der Waals surface area contributed by atoms with Crippen molar-refractivity contribution in [3.63, 3.8) is 0 Å². The molecule has 2 heteroatoms. The zero-order valence-corrected chi connectivity index (χ0v) is 11.7. The van der Waals surface area contributed by atoms with E-state index in [1.807, 2.05) is 7.05 Å². The van der Waals surface area contributed by atoms with Crippen LogP contribution in [0.5, 0.6) is 0 Å². The number of nitrogens with one attached hydrogen (secondary N) is 1. The number of anilines is 1. The van der Waals surface area contributed by atoms with Gasteiger partial charge in [-0.05, 0) is 63.0 Å². The number of hydrogen-bond acceptors (Lipinski definition) is 1. The van der Waals surface area contributed by atoms with Gasteiger partial charge in [0.1, 0.15) is 0 Å². The fourth-order valence-corrected chi connectivity index (χ4v) is 2.84. The van der Waals surface area contributed by atoms with Crippen LogP contribution in [0.25, 0.3) is 21.5 Å². The Labute approximate surface area is 114 Å². The predicted octanol–water partition coefficient (Wildman–Crippen LogP) is 4.64. The molecule has 0 amide bonds. The zero-order valence-electron chi connectivity index (χ0n) is 9.50. The average Bonchev–Trinajstić information content (AvgIpc) is 2.38. The van der Waals surface area contributed by atoms with E-state index < -0.39 is 0 Å². The summed E-state index contributed by atoms with van der Waals surface area (Å²) < 4.78 is 1.29. The van der Waals surface area contributed by atoms with Gasteiger partial charge in [-0.2, -0.15) is 0 Å². The van der Waals surface area contributed by atoms with Gasteiger partial charge in [0.05, 0.1) is 0 Å². The lowest BCUT2D eigenvalue weighted by molar-refractivity contribution is 1.54. The molecular weight excluding hydrogens is 321 g/mol. The Bertz CT molecular complexity index is 704. The van der Waals surface area contributed by atoms with Gasteiger partial charge in [-0.15, -0.1) is 0 Å². The van der Waals surface area contributed by atoms with Crippen molar-refractivity contribution in [2.45, 2.75) is 0 Å². The van der Waals surface area contributed by atoms with E-state index in [0.717, 1.165) is 0 Å². The average molecular weight is 333 g/mol. The second-order valence-electron chi connectivity index (χ2n) is 4.09. The third-order valence-electron chi connectivity index (χ3n) is 3.10. The van der Waals surface area contributed by atoms with Crippen LogP contribution >= 0.6 is 22.6 Å². The molecule has 0 aliphatic rings. The van der Waals surface area contributed by atoms with Crippen molar-refractivity contribution in [2.24, 2.45) is 0 Å². The third kappa shape index (κ3) is 1.76. The molecule has 17 heavy (non-hydrogen) atoms. The number of benzene rings is 3. The van der Waals surface area contributed by atoms with Crippen LogP contribution in [0, 0.1) is 3.57 Å². The van der Waals surface area contributed by atoms with Gasteiger partial charge in [-0.1, -0.05) is 24.3 Å². The van der Waals surface area contributed by atoms with Crippen LogP contribution in [0.3, 0.4) is 0 Å². The topological polar surface area (TPSA) is 12.0 Å². The minimum Gasteiger partial charge on any atom is -0.388 e. The maximum Gasteiger partial charge on any atom is 0.0418 e. The normalized spacial score (nSPS) is 10.9. The van der Waals surface area contributed by atoms with E-state index in [-0.39, 0.29) is 0 Å². The summed E-state index contributed by atoms with van der Waals surface area (Å²) >= 11 is 2.40. The molecule has 3 aromatic rings. The van der Waals surface area contributed by atoms with Crippen molar-refractivity contribution in [3.8, 4) is 0 Å². The lowest BCUT2D eigenvalue weighted by atomic mass is 10.0. The highest BCUT2D eigenvalue weighted by molar-refractivity contribution is 14.1. The summed E-state index contributed by atoms with van der Waals surface area (Å²) in [7, 11) is 1.97. The van der Waals surface area contributed by atoms with Gasteiger partial charge in [-0.25, -0.2) is 0 Å². The van der Waals surface area contributed by atoms with Crippen molar-refractivity contribution in [1.82, 2.24) is 0 Å². The molecule has 84 valence electrons. The van der Waals surface area contributed by atoms with E-state index in [9.17, 15) is 0 Å². The van der Waals surface area contributed by atoms with E-state index in [0.29, 0.717) is 0 Å². The molecule has 0 heterocycles. The molecule has 0 aliphatic carbocycles. The van der Waals surface area contributed by atoms with Crippen LogP contribution in [0.2, 0.25) is 0 Å². The lowest BCUT2D eigenvalue weighted by Gasteiger charge is -2.09. The maximum atomic E-state index is 3.26. The highest BCUT2D eigenvalue weighted by atomic mass is 127. The van der Waals surface area contributed by atoms with E-state index in [1.54, 1.807) is 0 Å². The number of halogens is 1. The summed E-state index contributed by atoms with van der Waals surface area (Å²) in [6, 6.07) is 17.3. The first-order valence-electron chi connectivity index (χ1n) is 5.58. The SMILES string of the molecule is CNc1ccc(I)c2cc3ccccc3cc12. The highest BCUT2D eigenvalue weighted by Crippen LogP contribution is 2.31. The minimum atomic E-state index is 1.19. The first-order valence-corrected chi connectivity index (χ1v) is 6.66. The molecule has 0 spiro atoms. The first-order chi connectivity index (χ1) is 8.29. The van der Waals surface area contributed by atoms with Crippen molar-refractivity contribution in [2.75, 3.05) is 12.4 Å². The lowest BCUT2D eigenvalue weighted by Crippen LogP contribution is -1.90. The van der Waals surface area contributed by atoms with Crippen molar-refractivity contribution in [1.29, 1.82) is 0 Å². The molecule has 0 fully saturated rings. The highest BCUT2D eigenvalue weighted by Gasteiger charge is 2.05. The zero-order chi connectivity index (χ0) is 11.8. The van der Waals surface area contributed by atoms with Crippen LogP contribution in [0.4, 0.5) is 5.69 Å². The Kier molecular flexibility index (Phi) is 2.67. The van der Waals surface area contributed by atoms with Gasteiger partial charge in [0.15, 0.2) is 0 Å². The molecule has 0 unspecified atom stereocenters. The van der Waals surface area contributed by atoms with Gasteiger partial charge in [0.25, 0.3) is 0 Å². The number of rotatable bonds is 1. The van der Waals surface area contributed by atoms with Gasteiger partial charge in [-0.3, -0.25) is 0 Å². The van der Waals surface area contributed by atoms with E-state index in [1.165, 1.54) is 30.8 Å². The monoisotopic (exact) mass is 333 g/mol. The second-order valence-corrected chi connectivity index (χ2v) is 5.25. The fourth-order valence-electron chi connectivity index (χ4n) is 2.21. The summed E-state index contributed by atoms with van der Waals surface area (Å²) in [5.41, 5.74) is 1.19. The van der Waals surface area contributed by atoms with Crippen molar-refractivity contribution >= 4 is 49.8 Å². The van der Waals surface area contributed by atoms with E-state index in [2.05, 4.69) is 76.4 Å². The molecule has 0 aromatic heterocycles. The van der Waals surface area contributed by atoms with Gasteiger partial charge < -0.3 is 5.32 Å². The fraction of sp³-hybridized carbons (Fsp3) is 0.0667. The summed E-state index contributed by atoms with van der Waals surface area (Å²) in [5, 5.41) is 8.45. The molecule has 1 N–H and O–H groups in total. The van der Waals surface area contributed by atoms with Crippen LogP contribution in [-0.2, 0) is 0 Å². The molecular formula is C15H12IN. The quantitative estimate of drug-likeness (QED) is 0.505. The Morgan fingerprint density at radius 1 is 0.882 bits per heavy atom. The molecule has 0 saturated heterocycles. The third-order valence-corrected chi connectivity index (χ3v) is 4.04. The maximum absolute atomic E-state index is 3.26. The second kappa shape index (κ2) is 4.18. The van der Waals surface area contributed by atoms with Crippen LogP contribution < -0.4 is 5.32 Å². The van der Waals surface area contributed by atoms with Crippen LogP contribution in [0.1, 0.15) is 0 Å². The minimum absolute atomic E-state index is 1.19. The van der Waals surface area contributed by atoms with Gasteiger partial charge >= 0.3 is 0 Å². The van der Waals surface area contributed by atoms with Crippen LogP contribution in [0.15, 0.2) is 48.5 Å². The van der Waals surface area contributed by atoms with Crippen molar-refractivity contribution < 1.29 is 0 Å². The largest absolute Gasteiger partial charge is 0.388 e. The summed E-state index contributed by atoms with van der Waals surface area (Å²) in [6.07, 6.45) is 0. The number of fused-ring (bicyclic) bond motifs is 2.